The molecule has 0 bridgehead atoms. The summed E-state index contributed by atoms with van der Waals surface area (Å²) < 4.78 is 17.1. The number of esters is 1. The van der Waals surface area contributed by atoms with Crippen LogP contribution in [-0.2, 0) is 23.5 Å². The van der Waals surface area contributed by atoms with Gasteiger partial charge in [-0.3, -0.25) is 4.79 Å². The van der Waals surface area contributed by atoms with Crippen LogP contribution in [0.25, 0.3) is 0 Å². The van der Waals surface area contributed by atoms with Crippen molar-refractivity contribution in [3.8, 4) is 0 Å². The van der Waals surface area contributed by atoms with Gasteiger partial charge in [0, 0.05) is 13.1 Å². The molecular formula is C27H40N2O6Si. The number of nitrogens with zero attached hydrogens (tertiary/aromatic N) is 2. The standard InChI is InChI=1S/C27H40N2O6Si/c1-9-15-33-25(31)23-20(19-11-13-28(14-12-19)26(32)34-16-10-2)17-21-22(24(30)29(21)23)18(3)35-36(7,8)27(4,5)6/h9-11,18,21-22H,1-2,12-17H2,3-8H3/t18-,21-,22-/m1/s1. The highest BCUT2D eigenvalue weighted by molar-refractivity contribution is 6.74. The fourth-order valence-corrected chi connectivity index (χ4v) is 6.21. The van der Waals surface area contributed by atoms with Gasteiger partial charge in [-0.1, -0.05) is 52.2 Å². The summed E-state index contributed by atoms with van der Waals surface area (Å²) in [6.07, 6.45) is 5.45. The van der Waals surface area contributed by atoms with Crippen LogP contribution in [0, 0.1) is 5.92 Å². The molecule has 2 amide bonds. The Labute approximate surface area is 215 Å². The summed E-state index contributed by atoms with van der Waals surface area (Å²) in [7, 11) is -2.07. The number of rotatable bonds is 9. The molecule has 0 radical (unpaired) electrons. The lowest BCUT2D eigenvalue weighted by Gasteiger charge is -2.48. The average Bonchev–Trinajstić information content (AvgIpc) is 3.15. The van der Waals surface area contributed by atoms with Gasteiger partial charge in [0.1, 0.15) is 18.9 Å². The van der Waals surface area contributed by atoms with Crippen molar-refractivity contribution in [1.82, 2.24) is 9.80 Å². The second-order valence-corrected chi connectivity index (χ2v) is 15.9. The summed E-state index contributed by atoms with van der Waals surface area (Å²) >= 11 is 0. The fraction of sp³-hybridized carbons (Fsp3) is 0.593. The van der Waals surface area contributed by atoms with Crippen LogP contribution in [0.2, 0.25) is 18.1 Å². The van der Waals surface area contributed by atoms with E-state index in [2.05, 4.69) is 47.0 Å². The molecule has 0 aliphatic carbocycles. The zero-order valence-electron chi connectivity index (χ0n) is 22.5. The maximum absolute atomic E-state index is 13.4. The average molecular weight is 517 g/mol. The lowest BCUT2D eigenvalue weighted by Crippen LogP contribution is -2.63. The van der Waals surface area contributed by atoms with Crippen LogP contribution in [0.15, 0.2) is 48.2 Å². The number of carbonyl (C=O) groups is 3. The first-order valence-corrected chi connectivity index (χ1v) is 15.5. The molecule has 0 saturated carbocycles. The second-order valence-electron chi connectivity index (χ2n) is 11.1. The van der Waals surface area contributed by atoms with Crippen LogP contribution in [0.5, 0.6) is 0 Å². The number of ether oxygens (including phenoxy) is 2. The van der Waals surface area contributed by atoms with E-state index in [1.807, 2.05) is 13.0 Å². The first-order chi connectivity index (χ1) is 16.8. The molecule has 3 atom stereocenters. The largest absolute Gasteiger partial charge is 0.457 e. The van der Waals surface area contributed by atoms with E-state index < -0.39 is 20.4 Å². The van der Waals surface area contributed by atoms with Crippen LogP contribution in [-0.4, -0.2) is 74.5 Å². The van der Waals surface area contributed by atoms with E-state index in [4.69, 9.17) is 13.9 Å². The molecule has 3 rings (SSSR count). The minimum atomic E-state index is -2.07. The van der Waals surface area contributed by atoms with Gasteiger partial charge in [0.2, 0.25) is 5.91 Å². The van der Waals surface area contributed by atoms with E-state index in [1.165, 1.54) is 12.2 Å². The van der Waals surface area contributed by atoms with Crippen molar-refractivity contribution in [2.24, 2.45) is 5.92 Å². The third-order valence-electron chi connectivity index (χ3n) is 7.71. The van der Waals surface area contributed by atoms with Gasteiger partial charge in [-0.15, -0.1) is 0 Å². The molecule has 36 heavy (non-hydrogen) atoms. The molecule has 3 heterocycles. The zero-order valence-corrected chi connectivity index (χ0v) is 23.5. The Morgan fingerprint density at radius 1 is 1.19 bits per heavy atom. The number of amides is 2. The van der Waals surface area contributed by atoms with Crippen molar-refractivity contribution in [2.75, 3.05) is 26.3 Å². The predicted molar refractivity (Wildman–Crippen MR) is 140 cm³/mol. The number of hydrogen-bond donors (Lipinski definition) is 0. The molecule has 0 aromatic heterocycles. The van der Waals surface area contributed by atoms with Crippen LogP contribution in [0.1, 0.15) is 40.5 Å². The maximum Gasteiger partial charge on any atom is 0.410 e. The minimum Gasteiger partial charge on any atom is -0.457 e. The summed E-state index contributed by atoms with van der Waals surface area (Å²) in [5.41, 5.74) is 2.10. The van der Waals surface area contributed by atoms with E-state index in [9.17, 15) is 14.4 Å². The molecule has 1 fully saturated rings. The first kappa shape index (κ1) is 27.9. The monoisotopic (exact) mass is 516 g/mol. The molecule has 0 unspecified atom stereocenters. The van der Waals surface area contributed by atoms with Crippen molar-refractivity contribution in [1.29, 1.82) is 0 Å². The van der Waals surface area contributed by atoms with Crippen molar-refractivity contribution >= 4 is 26.3 Å². The number of β-lactam (4-membered cyclic amide) rings is 1. The Bertz CT molecular complexity index is 993. The SMILES string of the molecule is C=CCOC(=O)C1=C(C2=CCN(C(=O)OCC=C)CC2)C[C@@H]2[C@@H]([C@@H](C)O[Si](C)(C)C(C)(C)C)C(=O)N12. The van der Waals surface area contributed by atoms with Gasteiger partial charge in [0.25, 0.3) is 0 Å². The normalized spacial score (nSPS) is 22.9. The van der Waals surface area contributed by atoms with Gasteiger partial charge < -0.3 is 23.7 Å². The van der Waals surface area contributed by atoms with Crippen molar-refractivity contribution in [3.63, 3.8) is 0 Å². The zero-order chi connectivity index (χ0) is 26.8. The summed E-state index contributed by atoms with van der Waals surface area (Å²) in [6.45, 7) is 21.1. The molecule has 3 aliphatic heterocycles. The Kier molecular flexibility index (Phi) is 8.35. The van der Waals surface area contributed by atoms with Gasteiger partial charge in [-0.05, 0) is 49.0 Å². The highest BCUT2D eigenvalue weighted by Gasteiger charge is 2.58. The Balaban J connectivity index is 1.82. The van der Waals surface area contributed by atoms with Crippen LogP contribution < -0.4 is 0 Å². The van der Waals surface area contributed by atoms with Crippen LogP contribution >= 0.6 is 0 Å². The van der Waals surface area contributed by atoms with E-state index in [0.29, 0.717) is 31.6 Å². The molecule has 0 aromatic carbocycles. The summed E-state index contributed by atoms with van der Waals surface area (Å²) in [6, 6.07) is -0.143. The van der Waals surface area contributed by atoms with Crippen molar-refractivity contribution in [3.05, 3.63) is 48.2 Å². The Morgan fingerprint density at radius 2 is 1.83 bits per heavy atom. The molecule has 0 N–H and O–H groups in total. The second kappa shape index (κ2) is 10.8. The summed E-state index contributed by atoms with van der Waals surface area (Å²) in [5.74, 6) is -0.933. The van der Waals surface area contributed by atoms with Crippen molar-refractivity contribution in [2.45, 2.75) is 70.8 Å². The number of carbonyl (C=O) groups excluding carboxylic acids is 3. The van der Waals surface area contributed by atoms with Gasteiger partial charge in [-0.25, -0.2) is 9.59 Å². The third kappa shape index (κ3) is 5.37. The molecular weight excluding hydrogens is 476 g/mol. The Hall–Kier alpha value is -2.65. The topological polar surface area (TPSA) is 85.4 Å². The van der Waals surface area contributed by atoms with Crippen LogP contribution in [0.4, 0.5) is 4.79 Å². The van der Waals surface area contributed by atoms with E-state index >= 15 is 0 Å². The van der Waals surface area contributed by atoms with E-state index in [-0.39, 0.29) is 42.2 Å². The van der Waals surface area contributed by atoms with Crippen molar-refractivity contribution < 1.29 is 28.3 Å². The number of fused-ring (bicyclic) bond motifs is 1. The van der Waals surface area contributed by atoms with E-state index in [1.54, 1.807) is 9.80 Å². The quantitative estimate of drug-likeness (QED) is 0.193. The van der Waals surface area contributed by atoms with Gasteiger partial charge in [-0.2, -0.15) is 0 Å². The van der Waals surface area contributed by atoms with E-state index in [0.717, 1.165) is 11.1 Å². The Morgan fingerprint density at radius 3 is 2.39 bits per heavy atom. The highest BCUT2D eigenvalue weighted by Crippen LogP contribution is 2.48. The molecule has 0 spiro atoms. The minimum absolute atomic E-state index is 0.0259. The first-order valence-electron chi connectivity index (χ1n) is 12.6. The number of hydrogen-bond acceptors (Lipinski definition) is 6. The fourth-order valence-electron chi connectivity index (χ4n) is 4.78. The molecule has 8 nitrogen and oxygen atoms in total. The maximum atomic E-state index is 13.4. The molecule has 3 aliphatic rings. The predicted octanol–water partition coefficient (Wildman–Crippen LogP) is 4.57. The molecule has 0 aromatic rings. The molecule has 9 heteroatoms. The van der Waals surface area contributed by atoms with Crippen LogP contribution in [0.3, 0.4) is 0 Å². The lowest BCUT2D eigenvalue weighted by atomic mass is 9.82. The van der Waals surface area contributed by atoms with Gasteiger partial charge in [0.05, 0.1) is 18.1 Å². The lowest BCUT2D eigenvalue weighted by molar-refractivity contribution is -0.161. The van der Waals surface area contributed by atoms with Gasteiger partial charge in [0.15, 0.2) is 8.32 Å². The highest BCUT2D eigenvalue weighted by atomic mass is 28.4. The molecule has 198 valence electrons. The van der Waals surface area contributed by atoms with Gasteiger partial charge >= 0.3 is 12.1 Å². The molecule has 1 saturated heterocycles. The smallest absolute Gasteiger partial charge is 0.410 e. The third-order valence-corrected chi connectivity index (χ3v) is 12.3. The summed E-state index contributed by atoms with van der Waals surface area (Å²) in [5, 5.41) is 0.0259. The summed E-state index contributed by atoms with van der Waals surface area (Å²) in [4.78, 5) is 41.8.